The lowest BCUT2D eigenvalue weighted by atomic mass is 10.0. The molecule has 98 valence electrons. The van der Waals surface area contributed by atoms with E-state index in [9.17, 15) is 19.8 Å². The Morgan fingerprint density at radius 1 is 1.53 bits per heavy atom. The monoisotopic (exact) mass is 250 g/mol. The van der Waals surface area contributed by atoms with Crippen LogP contribution in [0.25, 0.3) is 0 Å². The molecular formula is C9H14O8. The molecule has 0 radical (unpaired) electrons. The molecule has 0 spiro atoms. The SMILES string of the molecule is CC1(C(=O)O)OC[C@@H](O)[C@H]([C@H](O)[C@H](O)C=O)O1. The number of carboxylic acids is 1. The first kappa shape index (κ1) is 14.0. The predicted molar refractivity (Wildman–Crippen MR) is 51.0 cm³/mol. The molecule has 1 aliphatic rings. The Morgan fingerprint density at radius 2 is 2.12 bits per heavy atom. The molecule has 0 saturated carbocycles. The van der Waals surface area contributed by atoms with Crippen LogP contribution in [0.1, 0.15) is 6.92 Å². The second-order valence-corrected chi connectivity index (χ2v) is 3.83. The van der Waals surface area contributed by atoms with Gasteiger partial charge in [0.1, 0.15) is 24.4 Å². The molecule has 8 nitrogen and oxygen atoms in total. The predicted octanol–water partition coefficient (Wildman–Crippen LogP) is -2.52. The van der Waals surface area contributed by atoms with Gasteiger partial charge in [-0.15, -0.1) is 0 Å². The van der Waals surface area contributed by atoms with Crippen molar-refractivity contribution >= 4 is 12.3 Å². The number of hydrogen-bond donors (Lipinski definition) is 4. The highest BCUT2D eigenvalue weighted by Crippen LogP contribution is 2.26. The number of ether oxygens (including phenoxy) is 2. The molecule has 0 aromatic rings. The van der Waals surface area contributed by atoms with Crippen LogP contribution in [-0.4, -0.2) is 69.5 Å². The number of carboxylic acid groups (broad SMARTS) is 1. The van der Waals surface area contributed by atoms with Gasteiger partial charge in [-0.25, -0.2) is 4.79 Å². The van der Waals surface area contributed by atoms with Crippen molar-refractivity contribution in [2.75, 3.05) is 6.61 Å². The lowest BCUT2D eigenvalue weighted by Crippen LogP contribution is -2.59. The van der Waals surface area contributed by atoms with Crippen LogP contribution in [-0.2, 0) is 19.1 Å². The molecule has 0 aliphatic carbocycles. The summed E-state index contributed by atoms with van der Waals surface area (Å²) in [7, 11) is 0. The number of hydrogen-bond acceptors (Lipinski definition) is 7. The van der Waals surface area contributed by atoms with Crippen molar-refractivity contribution in [3.05, 3.63) is 0 Å². The summed E-state index contributed by atoms with van der Waals surface area (Å²) in [5.41, 5.74) is 0. The topological polar surface area (TPSA) is 134 Å². The van der Waals surface area contributed by atoms with Gasteiger partial charge < -0.3 is 34.7 Å². The van der Waals surface area contributed by atoms with Gasteiger partial charge in [0.15, 0.2) is 6.29 Å². The molecule has 1 aliphatic heterocycles. The Labute approximate surface area is 96.4 Å². The molecule has 1 saturated heterocycles. The van der Waals surface area contributed by atoms with Crippen LogP contribution in [0.2, 0.25) is 0 Å². The number of carbonyl (C=O) groups is 2. The maximum absolute atomic E-state index is 10.8. The molecule has 4 N–H and O–H groups in total. The van der Waals surface area contributed by atoms with Gasteiger partial charge >= 0.3 is 5.97 Å². The molecule has 1 heterocycles. The van der Waals surface area contributed by atoms with Gasteiger partial charge in [-0.3, -0.25) is 0 Å². The molecule has 0 aromatic heterocycles. The van der Waals surface area contributed by atoms with E-state index in [0.29, 0.717) is 0 Å². The van der Waals surface area contributed by atoms with Crippen molar-refractivity contribution in [3.63, 3.8) is 0 Å². The normalized spacial score (nSPS) is 37.2. The number of aliphatic hydroxyl groups is 3. The zero-order valence-corrected chi connectivity index (χ0v) is 9.02. The first-order chi connectivity index (χ1) is 7.81. The van der Waals surface area contributed by atoms with E-state index < -0.39 is 42.8 Å². The lowest BCUT2D eigenvalue weighted by Gasteiger charge is -2.40. The molecule has 0 bridgehead atoms. The van der Waals surface area contributed by atoms with Crippen LogP contribution in [0.4, 0.5) is 0 Å². The van der Waals surface area contributed by atoms with Gasteiger partial charge in [-0.2, -0.15) is 0 Å². The van der Waals surface area contributed by atoms with Gasteiger partial charge in [0, 0.05) is 6.92 Å². The van der Waals surface area contributed by atoms with Gasteiger partial charge in [0.25, 0.3) is 5.79 Å². The van der Waals surface area contributed by atoms with E-state index in [4.69, 9.17) is 19.7 Å². The fraction of sp³-hybridized carbons (Fsp3) is 0.778. The van der Waals surface area contributed by atoms with Gasteiger partial charge in [0.2, 0.25) is 0 Å². The summed E-state index contributed by atoms with van der Waals surface area (Å²) in [6.45, 7) is 0.699. The van der Waals surface area contributed by atoms with Crippen molar-refractivity contribution in [1.29, 1.82) is 0 Å². The minimum atomic E-state index is -2.03. The van der Waals surface area contributed by atoms with Crippen LogP contribution in [0.3, 0.4) is 0 Å². The summed E-state index contributed by atoms with van der Waals surface area (Å²) in [4.78, 5) is 21.1. The minimum Gasteiger partial charge on any atom is -0.477 e. The summed E-state index contributed by atoms with van der Waals surface area (Å²) < 4.78 is 9.67. The second-order valence-electron chi connectivity index (χ2n) is 3.83. The zero-order chi connectivity index (χ0) is 13.2. The van der Waals surface area contributed by atoms with E-state index in [1.807, 2.05) is 0 Å². The molecule has 1 unspecified atom stereocenters. The quantitative estimate of drug-likeness (QED) is 0.402. The van der Waals surface area contributed by atoms with E-state index in [0.717, 1.165) is 6.92 Å². The van der Waals surface area contributed by atoms with Gasteiger partial charge in [0.05, 0.1) is 6.61 Å². The largest absolute Gasteiger partial charge is 0.477 e. The fourth-order valence-corrected chi connectivity index (χ4v) is 1.40. The van der Waals surface area contributed by atoms with Crippen molar-refractivity contribution < 1.29 is 39.5 Å². The van der Waals surface area contributed by atoms with Crippen molar-refractivity contribution in [2.24, 2.45) is 0 Å². The van der Waals surface area contributed by atoms with E-state index >= 15 is 0 Å². The fourth-order valence-electron chi connectivity index (χ4n) is 1.40. The maximum Gasteiger partial charge on any atom is 0.364 e. The standard InChI is InChI=1S/C9H14O8/c1-9(8(14)15)16-3-5(12)7(17-9)6(13)4(11)2-10/h2,4-7,11-13H,3H2,1H3,(H,14,15)/t4-,5-,6-,7-,9?/m1/s1. The van der Waals surface area contributed by atoms with E-state index in [1.165, 1.54) is 0 Å². The Hall–Kier alpha value is -1.06. The molecule has 1 rings (SSSR count). The van der Waals surface area contributed by atoms with Crippen LogP contribution >= 0.6 is 0 Å². The maximum atomic E-state index is 10.8. The summed E-state index contributed by atoms with van der Waals surface area (Å²) in [5, 5.41) is 36.9. The molecule has 17 heavy (non-hydrogen) atoms. The summed E-state index contributed by atoms with van der Waals surface area (Å²) >= 11 is 0. The van der Waals surface area contributed by atoms with E-state index in [1.54, 1.807) is 0 Å². The molecular weight excluding hydrogens is 236 g/mol. The molecule has 8 heteroatoms. The molecule has 0 amide bonds. The first-order valence-electron chi connectivity index (χ1n) is 4.86. The highest BCUT2D eigenvalue weighted by atomic mass is 16.7. The molecule has 1 fully saturated rings. The second kappa shape index (κ2) is 5.07. The Bertz CT molecular complexity index is 305. The number of aliphatic hydroxyl groups excluding tert-OH is 3. The van der Waals surface area contributed by atoms with Crippen molar-refractivity contribution in [3.8, 4) is 0 Å². The van der Waals surface area contributed by atoms with Crippen molar-refractivity contribution in [1.82, 2.24) is 0 Å². The average Bonchev–Trinajstić information content (AvgIpc) is 2.30. The Balaban J connectivity index is 2.83. The lowest BCUT2D eigenvalue weighted by molar-refractivity contribution is -0.320. The smallest absolute Gasteiger partial charge is 0.364 e. The number of aldehydes is 1. The van der Waals surface area contributed by atoms with Crippen LogP contribution in [0, 0.1) is 0 Å². The Morgan fingerprint density at radius 3 is 2.59 bits per heavy atom. The average molecular weight is 250 g/mol. The van der Waals surface area contributed by atoms with Crippen LogP contribution in [0.5, 0.6) is 0 Å². The molecule has 5 atom stereocenters. The third-order valence-corrected chi connectivity index (χ3v) is 2.48. The van der Waals surface area contributed by atoms with E-state index in [-0.39, 0.29) is 6.29 Å². The van der Waals surface area contributed by atoms with Crippen LogP contribution in [0.15, 0.2) is 0 Å². The van der Waals surface area contributed by atoms with Gasteiger partial charge in [-0.05, 0) is 0 Å². The zero-order valence-electron chi connectivity index (χ0n) is 9.02. The molecule has 0 aromatic carbocycles. The Kier molecular flexibility index (Phi) is 4.17. The summed E-state index contributed by atoms with van der Waals surface area (Å²) in [5.74, 6) is -3.48. The summed E-state index contributed by atoms with van der Waals surface area (Å²) in [6.07, 6.45) is -6.21. The highest BCUT2D eigenvalue weighted by molar-refractivity contribution is 5.75. The third kappa shape index (κ3) is 2.79. The van der Waals surface area contributed by atoms with Crippen LogP contribution < -0.4 is 0 Å². The number of rotatable bonds is 4. The third-order valence-electron chi connectivity index (χ3n) is 2.48. The van der Waals surface area contributed by atoms with Gasteiger partial charge in [-0.1, -0.05) is 0 Å². The summed E-state index contributed by atoms with van der Waals surface area (Å²) in [6, 6.07) is 0. The number of aliphatic carboxylic acids is 1. The van der Waals surface area contributed by atoms with E-state index in [2.05, 4.69) is 0 Å². The first-order valence-corrected chi connectivity index (χ1v) is 4.86. The van der Waals surface area contributed by atoms with Crippen molar-refractivity contribution in [2.45, 2.75) is 37.1 Å². The number of carbonyl (C=O) groups excluding carboxylic acids is 1. The highest BCUT2D eigenvalue weighted by Gasteiger charge is 2.48. The minimum absolute atomic E-state index is 0.0638.